The highest BCUT2D eigenvalue weighted by Gasteiger charge is 2.32. The van der Waals surface area contributed by atoms with Crippen molar-refractivity contribution in [3.05, 3.63) is 53.0 Å². The van der Waals surface area contributed by atoms with E-state index in [0.717, 1.165) is 47.6 Å². The van der Waals surface area contributed by atoms with Gasteiger partial charge in [-0.15, -0.1) is 0 Å². The second-order valence-electron chi connectivity index (χ2n) is 6.91. The molecule has 1 saturated heterocycles. The molecule has 5 rings (SSSR count). The maximum Gasteiger partial charge on any atom is 0.261 e. The maximum atomic E-state index is 12.8. The van der Waals surface area contributed by atoms with E-state index in [2.05, 4.69) is 20.0 Å². The summed E-state index contributed by atoms with van der Waals surface area (Å²) in [4.78, 5) is 28.8. The molecule has 1 aliphatic rings. The zero-order valence-electron chi connectivity index (χ0n) is 15.2. The van der Waals surface area contributed by atoms with E-state index >= 15 is 0 Å². The molecule has 1 unspecified atom stereocenters. The highest BCUT2D eigenvalue weighted by molar-refractivity contribution is 5.87. The van der Waals surface area contributed by atoms with Crippen molar-refractivity contribution in [3.63, 3.8) is 0 Å². The average Bonchev–Trinajstić information content (AvgIpc) is 3.32. The molecule has 0 amide bonds. The minimum atomic E-state index is -0.0170. The molecule has 0 bridgehead atoms. The number of anilines is 1. The lowest BCUT2D eigenvalue weighted by Gasteiger charge is -2.27. The Labute approximate surface area is 155 Å². The van der Waals surface area contributed by atoms with Crippen molar-refractivity contribution in [3.8, 4) is 0 Å². The number of rotatable bonds is 2. The van der Waals surface area contributed by atoms with Gasteiger partial charge >= 0.3 is 0 Å². The number of para-hydroxylation sites is 1. The number of benzene rings is 1. The van der Waals surface area contributed by atoms with Crippen molar-refractivity contribution in [1.82, 2.24) is 29.3 Å². The van der Waals surface area contributed by atoms with Crippen LogP contribution in [0.4, 0.5) is 5.82 Å². The van der Waals surface area contributed by atoms with Gasteiger partial charge in [0.15, 0.2) is 5.65 Å². The first kappa shape index (κ1) is 15.9. The van der Waals surface area contributed by atoms with Crippen molar-refractivity contribution in [2.75, 3.05) is 11.4 Å². The van der Waals surface area contributed by atoms with Gasteiger partial charge in [-0.3, -0.25) is 14.0 Å². The Morgan fingerprint density at radius 2 is 1.96 bits per heavy atom. The lowest BCUT2D eigenvalue weighted by atomic mass is 10.1. The van der Waals surface area contributed by atoms with E-state index in [1.807, 2.05) is 31.3 Å². The van der Waals surface area contributed by atoms with Gasteiger partial charge in [-0.1, -0.05) is 12.1 Å². The Balaban J connectivity index is 1.68. The Bertz CT molecular complexity index is 1230. The zero-order chi connectivity index (χ0) is 18.5. The maximum absolute atomic E-state index is 12.8. The summed E-state index contributed by atoms with van der Waals surface area (Å²) >= 11 is 0. The van der Waals surface area contributed by atoms with Crippen LogP contribution >= 0.6 is 0 Å². The van der Waals surface area contributed by atoms with Gasteiger partial charge in [0, 0.05) is 20.6 Å². The fourth-order valence-corrected chi connectivity index (χ4v) is 4.00. The standard InChI is InChI=1S/C19H19N7O/c1-24-18(23-14-7-4-3-6-12(14)19(24)27)15-8-5-9-26(15)17-13-10-22-25(2)16(13)20-11-21-17/h3-4,6-7,10-11,15H,5,8-9H2,1-2H3. The van der Waals surface area contributed by atoms with Gasteiger partial charge < -0.3 is 4.90 Å². The summed E-state index contributed by atoms with van der Waals surface area (Å²) in [5, 5.41) is 5.87. The monoisotopic (exact) mass is 361 g/mol. The summed E-state index contributed by atoms with van der Waals surface area (Å²) in [5.74, 6) is 1.62. The van der Waals surface area contributed by atoms with Crippen molar-refractivity contribution in [1.29, 1.82) is 0 Å². The molecule has 0 aliphatic carbocycles. The highest BCUT2D eigenvalue weighted by Crippen LogP contribution is 2.36. The normalized spacial score (nSPS) is 17.3. The molecule has 3 aromatic heterocycles. The summed E-state index contributed by atoms with van der Waals surface area (Å²) in [7, 11) is 3.67. The predicted octanol–water partition coefficient (Wildman–Crippen LogP) is 1.95. The smallest absolute Gasteiger partial charge is 0.261 e. The van der Waals surface area contributed by atoms with Gasteiger partial charge in [-0.25, -0.2) is 15.0 Å². The van der Waals surface area contributed by atoms with Gasteiger partial charge in [0.2, 0.25) is 0 Å². The molecule has 8 nitrogen and oxygen atoms in total. The van der Waals surface area contributed by atoms with E-state index in [0.29, 0.717) is 5.39 Å². The van der Waals surface area contributed by atoms with Crippen LogP contribution in [0.5, 0.6) is 0 Å². The molecule has 1 aromatic carbocycles. The van der Waals surface area contributed by atoms with Crippen LogP contribution in [-0.2, 0) is 14.1 Å². The predicted molar refractivity (Wildman–Crippen MR) is 103 cm³/mol. The Kier molecular flexibility index (Phi) is 3.46. The summed E-state index contributed by atoms with van der Waals surface area (Å²) in [6, 6.07) is 7.49. The summed E-state index contributed by atoms with van der Waals surface area (Å²) in [6.07, 6.45) is 5.30. The van der Waals surface area contributed by atoms with Crippen molar-refractivity contribution in [2.24, 2.45) is 14.1 Å². The van der Waals surface area contributed by atoms with E-state index in [-0.39, 0.29) is 11.6 Å². The number of hydrogen-bond donors (Lipinski definition) is 0. The quantitative estimate of drug-likeness (QED) is 0.543. The first-order chi connectivity index (χ1) is 13.1. The van der Waals surface area contributed by atoms with Crippen molar-refractivity contribution < 1.29 is 0 Å². The summed E-state index contributed by atoms with van der Waals surface area (Å²) < 4.78 is 3.42. The first-order valence-electron chi connectivity index (χ1n) is 9.00. The number of hydrogen-bond acceptors (Lipinski definition) is 6. The lowest BCUT2D eigenvalue weighted by molar-refractivity contribution is 0.608. The third kappa shape index (κ3) is 2.33. The fraction of sp³-hybridized carbons (Fsp3) is 0.316. The van der Waals surface area contributed by atoms with Crippen LogP contribution in [0.2, 0.25) is 0 Å². The minimum Gasteiger partial charge on any atom is -0.346 e. The van der Waals surface area contributed by atoms with Gasteiger partial charge in [-0.05, 0) is 25.0 Å². The molecule has 4 heterocycles. The molecule has 1 atom stereocenters. The second kappa shape index (κ2) is 5.87. The van der Waals surface area contributed by atoms with E-state index in [1.165, 1.54) is 0 Å². The van der Waals surface area contributed by atoms with Crippen molar-refractivity contribution in [2.45, 2.75) is 18.9 Å². The molecule has 1 aliphatic heterocycles. The van der Waals surface area contributed by atoms with Crippen LogP contribution < -0.4 is 10.5 Å². The first-order valence-corrected chi connectivity index (χ1v) is 9.00. The number of aryl methyl sites for hydroxylation is 1. The average molecular weight is 361 g/mol. The van der Waals surface area contributed by atoms with Crippen LogP contribution in [-0.4, -0.2) is 35.8 Å². The molecule has 0 radical (unpaired) electrons. The van der Waals surface area contributed by atoms with Crippen LogP contribution in [0, 0.1) is 0 Å². The minimum absolute atomic E-state index is 0.00869. The molecule has 1 fully saturated rings. The van der Waals surface area contributed by atoms with Gasteiger partial charge in [0.25, 0.3) is 5.56 Å². The van der Waals surface area contributed by atoms with Crippen LogP contribution in [0.1, 0.15) is 24.7 Å². The fourth-order valence-electron chi connectivity index (χ4n) is 4.00. The van der Waals surface area contributed by atoms with Crippen LogP contribution in [0.3, 0.4) is 0 Å². The molecule has 27 heavy (non-hydrogen) atoms. The third-order valence-corrected chi connectivity index (χ3v) is 5.35. The third-order valence-electron chi connectivity index (χ3n) is 5.35. The molecule has 0 saturated carbocycles. The molecular formula is C19H19N7O. The Hall–Kier alpha value is -3.29. The molecule has 136 valence electrons. The van der Waals surface area contributed by atoms with E-state index in [4.69, 9.17) is 4.98 Å². The number of aromatic nitrogens is 6. The van der Waals surface area contributed by atoms with E-state index in [9.17, 15) is 4.79 Å². The number of fused-ring (bicyclic) bond motifs is 2. The SMILES string of the molecule is Cn1c(C2CCCN2c2ncnc3c2cnn3C)nc2ccccc2c1=O. The molecule has 0 N–H and O–H groups in total. The van der Waals surface area contributed by atoms with E-state index in [1.54, 1.807) is 28.8 Å². The molecule has 4 aromatic rings. The Morgan fingerprint density at radius 1 is 1.11 bits per heavy atom. The molecular weight excluding hydrogens is 342 g/mol. The van der Waals surface area contributed by atoms with Gasteiger partial charge in [0.1, 0.15) is 18.0 Å². The van der Waals surface area contributed by atoms with Crippen LogP contribution in [0.15, 0.2) is 41.6 Å². The summed E-state index contributed by atoms with van der Waals surface area (Å²) in [6.45, 7) is 0.856. The molecule has 8 heteroatoms. The Morgan fingerprint density at radius 3 is 2.85 bits per heavy atom. The molecule has 0 spiro atoms. The van der Waals surface area contributed by atoms with E-state index < -0.39 is 0 Å². The lowest BCUT2D eigenvalue weighted by Crippen LogP contribution is -2.31. The summed E-state index contributed by atoms with van der Waals surface area (Å²) in [5.41, 5.74) is 1.51. The largest absolute Gasteiger partial charge is 0.346 e. The van der Waals surface area contributed by atoms with Gasteiger partial charge in [-0.2, -0.15) is 5.10 Å². The highest BCUT2D eigenvalue weighted by atomic mass is 16.1. The van der Waals surface area contributed by atoms with Gasteiger partial charge in [0.05, 0.1) is 28.5 Å². The number of nitrogens with zero attached hydrogens (tertiary/aromatic N) is 7. The second-order valence-corrected chi connectivity index (χ2v) is 6.91. The topological polar surface area (TPSA) is 81.7 Å². The zero-order valence-corrected chi connectivity index (χ0v) is 15.2. The van der Waals surface area contributed by atoms with Crippen LogP contribution in [0.25, 0.3) is 21.9 Å². The van der Waals surface area contributed by atoms with Crippen molar-refractivity contribution >= 4 is 27.8 Å².